The number of nitrogen functional groups attached to an aromatic ring is 1. The molecule has 0 aliphatic heterocycles. The van der Waals surface area contributed by atoms with E-state index in [1.54, 1.807) is 18.5 Å². The first-order valence-electron chi connectivity index (χ1n) is 4.58. The molecule has 15 heavy (non-hydrogen) atoms. The number of aliphatic imine (C=N–C) groups is 1. The zero-order chi connectivity index (χ0) is 11.1. The number of pyridine rings is 1. The molecule has 1 aromatic heterocycles. The van der Waals surface area contributed by atoms with Crippen molar-refractivity contribution in [3.63, 3.8) is 0 Å². The summed E-state index contributed by atoms with van der Waals surface area (Å²) in [6.07, 6.45) is 5.62. The molecule has 0 unspecified atom stereocenters. The van der Waals surface area contributed by atoms with E-state index < -0.39 is 0 Å². The molecular formula is C10H12N4O. The van der Waals surface area contributed by atoms with Crippen molar-refractivity contribution in [3.8, 4) is 6.19 Å². The maximum atomic E-state index is 8.50. The second kappa shape index (κ2) is 5.60. The summed E-state index contributed by atoms with van der Waals surface area (Å²) in [7, 11) is 0. The number of nitriles is 1. The Kier molecular flexibility index (Phi) is 4.10. The van der Waals surface area contributed by atoms with Crippen LogP contribution in [-0.4, -0.2) is 17.5 Å². The average molecular weight is 204 g/mol. The Morgan fingerprint density at radius 2 is 2.47 bits per heavy atom. The monoisotopic (exact) mass is 204 g/mol. The Hall–Kier alpha value is -2.09. The number of ether oxygens (including phenoxy) is 1. The van der Waals surface area contributed by atoms with Gasteiger partial charge in [-0.3, -0.25) is 4.98 Å². The van der Waals surface area contributed by atoms with Gasteiger partial charge in [0.15, 0.2) is 0 Å². The van der Waals surface area contributed by atoms with Crippen LogP contribution >= 0.6 is 0 Å². The zero-order valence-electron chi connectivity index (χ0n) is 8.47. The number of nitrogens with two attached hydrogens (primary N) is 1. The van der Waals surface area contributed by atoms with Crippen LogP contribution in [0.15, 0.2) is 23.5 Å². The van der Waals surface area contributed by atoms with E-state index in [2.05, 4.69) is 9.98 Å². The number of anilines is 1. The third kappa shape index (κ3) is 3.27. The Balaban J connectivity index is 2.90. The summed E-state index contributed by atoms with van der Waals surface area (Å²) in [4.78, 5) is 7.48. The molecule has 0 amide bonds. The summed E-state index contributed by atoms with van der Waals surface area (Å²) in [6.45, 7) is 2.48. The van der Waals surface area contributed by atoms with Gasteiger partial charge in [-0.25, -0.2) is 0 Å². The average Bonchev–Trinajstić information content (AvgIpc) is 2.24. The van der Waals surface area contributed by atoms with Crippen LogP contribution in [0, 0.1) is 11.5 Å². The number of hydrogen-bond donors (Lipinski definition) is 1. The zero-order valence-corrected chi connectivity index (χ0v) is 8.47. The smallest absolute Gasteiger partial charge is 0.233 e. The molecule has 1 heterocycles. The summed E-state index contributed by atoms with van der Waals surface area (Å²) in [5.74, 6) is 0.263. The van der Waals surface area contributed by atoms with E-state index in [-0.39, 0.29) is 5.90 Å². The van der Waals surface area contributed by atoms with Gasteiger partial charge in [-0.15, -0.1) is 4.99 Å². The molecular weight excluding hydrogens is 192 g/mol. The van der Waals surface area contributed by atoms with Gasteiger partial charge in [0, 0.05) is 12.4 Å². The predicted molar refractivity (Wildman–Crippen MR) is 57.0 cm³/mol. The van der Waals surface area contributed by atoms with Crippen LogP contribution in [-0.2, 0) is 4.74 Å². The highest BCUT2D eigenvalue weighted by Gasteiger charge is 2.05. The molecule has 0 aliphatic carbocycles. The van der Waals surface area contributed by atoms with Gasteiger partial charge in [-0.1, -0.05) is 6.92 Å². The molecule has 0 bridgehead atoms. The van der Waals surface area contributed by atoms with Gasteiger partial charge in [0.2, 0.25) is 12.1 Å². The van der Waals surface area contributed by atoms with Crippen molar-refractivity contribution in [2.75, 3.05) is 12.3 Å². The molecule has 0 spiro atoms. The second-order valence-corrected chi connectivity index (χ2v) is 2.87. The molecule has 0 atom stereocenters. The summed E-state index contributed by atoms with van der Waals surface area (Å²) >= 11 is 0. The lowest BCUT2D eigenvalue weighted by Gasteiger charge is -2.06. The van der Waals surface area contributed by atoms with Crippen molar-refractivity contribution < 1.29 is 4.74 Å². The van der Waals surface area contributed by atoms with Crippen molar-refractivity contribution in [2.45, 2.75) is 13.3 Å². The Morgan fingerprint density at radius 3 is 3.07 bits per heavy atom. The van der Waals surface area contributed by atoms with Crippen molar-refractivity contribution in [3.05, 3.63) is 24.0 Å². The number of rotatable bonds is 3. The molecule has 2 N–H and O–H groups in total. The van der Waals surface area contributed by atoms with E-state index in [0.29, 0.717) is 17.9 Å². The van der Waals surface area contributed by atoms with Gasteiger partial charge >= 0.3 is 0 Å². The number of nitrogens with zero attached hydrogens (tertiary/aromatic N) is 3. The van der Waals surface area contributed by atoms with Gasteiger partial charge < -0.3 is 10.5 Å². The summed E-state index contributed by atoms with van der Waals surface area (Å²) in [5.41, 5.74) is 6.69. The highest BCUT2D eigenvalue weighted by Crippen LogP contribution is 2.06. The normalized spacial score (nSPS) is 10.8. The number of hydrogen-bond acceptors (Lipinski definition) is 5. The van der Waals surface area contributed by atoms with Crippen LogP contribution in [0.25, 0.3) is 0 Å². The van der Waals surface area contributed by atoms with Crippen LogP contribution in [0.5, 0.6) is 0 Å². The molecule has 5 heteroatoms. The molecule has 1 aromatic rings. The molecule has 0 saturated heterocycles. The highest BCUT2D eigenvalue weighted by molar-refractivity contribution is 5.95. The van der Waals surface area contributed by atoms with E-state index in [4.69, 9.17) is 15.7 Å². The topological polar surface area (TPSA) is 84.3 Å². The lowest BCUT2D eigenvalue weighted by atomic mass is 10.2. The molecule has 78 valence electrons. The SMILES string of the molecule is CCCOC(=NC#N)c1cncc(N)c1. The molecule has 0 aromatic carbocycles. The maximum Gasteiger partial charge on any atom is 0.233 e. The van der Waals surface area contributed by atoms with Crippen LogP contribution in [0.3, 0.4) is 0 Å². The summed E-state index contributed by atoms with van der Waals surface area (Å²) < 4.78 is 5.30. The summed E-state index contributed by atoms with van der Waals surface area (Å²) in [6, 6.07) is 1.67. The molecule has 5 nitrogen and oxygen atoms in total. The van der Waals surface area contributed by atoms with E-state index in [0.717, 1.165) is 6.42 Å². The first kappa shape index (κ1) is 11.0. The van der Waals surface area contributed by atoms with Gasteiger partial charge in [-0.2, -0.15) is 5.26 Å². The quantitative estimate of drug-likeness (QED) is 0.457. The predicted octanol–water partition coefficient (Wildman–Crippen LogP) is 1.32. The lowest BCUT2D eigenvalue weighted by molar-refractivity contribution is 0.306. The number of aromatic nitrogens is 1. The Bertz CT molecular complexity index is 395. The minimum Gasteiger partial charge on any atom is -0.477 e. The molecule has 0 saturated carbocycles. The van der Waals surface area contributed by atoms with Gasteiger partial charge in [-0.05, 0) is 12.5 Å². The molecule has 1 rings (SSSR count). The fraction of sp³-hybridized carbons (Fsp3) is 0.300. The molecule has 0 aliphatic rings. The van der Waals surface area contributed by atoms with E-state index in [1.807, 2.05) is 6.92 Å². The standard InChI is InChI=1S/C10H12N4O/c1-2-3-15-10(14-7-11)8-4-9(12)6-13-5-8/h4-6H,2-3,12H2,1H3. The van der Waals surface area contributed by atoms with Gasteiger partial charge in [0.25, 0.3) is 0 Å². The van der Waals surface area contributed by atoms with Crippen LogP contribution in [0.4, 0.5) is 5.69 Å². The van der Waals surface area contributed by atoms with Crippen molar-refractivity contribution in [2.24, 2.45) is 4.99 Å². The van der Waals surface area contributed by atoms with Gasteiger partial charge in [0.05, 0.1) is 17.9 Å². The minimum atomic E-state index is 0.263. The minimum absolute atomic E-state index is 0.263. The fourth-order valence-electron chi connectivity index (χ4n) is 0.999. The summed E-state index contributed by atoms with van der Waals surface area (Å²) in [5, 5.41) is 8.50. The van der Waals surface area contributed by atoms with E-state index >= 15 is 0 Å². The highest BCUT2D eigenvalue weighted by atomic mass is 16.5. The first-order valence-corrected chi connectivity index (χ1v) is 4.58. The van der Waals surface area contributed by atoms with Crippen LogP contribution in [0.2, 0.25) is 0 Å². The third-order valence-electron chi connectivity index (χ3n) is 1.60. The maximum absolute atomic E-state index is 8.50. The molecule has 0 radical (unpaired) electrons. The Labute approximate surface area is 88.2 Å². The second-order valence-electron chi connectivity index (χ2n) is 2.87. The third-order valence-corrected chi connectivity index (χ3v) is 1.60. The van der Waals surface area contributed by atoms with Crippen LogP contribution in [0.1, 0.15) is 18.9 Å². The lowest BCUT2D eigenvalue weighted by Crippen LogP contribution is -2.08. The van der Waals surface area contributed by atoms with Crippen molar-refractivity contribution in [1.29, 1.82) is 5.26 Å². The molecule has 0 fully saturated rings. The van der Waals surface area contributed by atoms with Crippen molar-refractivity contribution in [1.82, 2.24) is 4.98 Å². The largest absolute Gasteiger partial charge is 0.477 e. The van der Waals surface area contributed by atoms with Crippen LogP contribution < -0.4 is 5.73 Å². The van der Waals surface area contributed by atoms with E-state index in [1.165, 1.54) is 6.20 Å². The van der Waals surface area contributed by atoms with Gasteiger partial charge in [0.1, 0.15) is 0 Å². The first-order chi connectivity index (χ1) is 7.27. The fourth-order valence-corrected chi connectivity index (χ4v) is 0.999. The van der Waals surface area contributed by atoms with E-state index in [9.17, 15) is 0 Å². The van der Waals surface area contributed by atoms with Crippen molar-refractivity contribution >= 4 is 11.6 Å². The Morgan fingerprint density at radius 1 is 1.67 bits per heavy atom.